The minimum Gasteiger partial charge on any atom is -0.493 e. The number of fused-ring (bicyclic) bond motifs is 1. The van der Waals surface area contributed by atoms with Crippen molar-refractivity contribution < 1.29 is 13.2 Å². The molecule has 0 aliphatic carbocycles. The lowest BCUT2D eigenvalue weighted by atomic mass is 10.0. The Hall–Kier alpha value is -1.26. The summed E-state index contributed by atoms with van der Waals surface area (Å²) in [5.74, 6) is 1.44. The number of sulfone groups is 1. The van der Waals surface area contributed by atoms with Crippen LogP contribution in [-0.2, 0) is 15.7 Å². The van der Waals surface area contributed by atoms with Crippen LogP contribution in [0.25, 0.3) is 10.8 Å². The predicted octanol–water partition coefficient (Wildman–Crippen LogP) is 3.78. The summed E-state index contributed by atoms with van der Waals surface area (Å²) in [6.07, 6.45) is 0.491. The van der Waals surface area contributed by atoms with Gasteiger partial charge in [0.25, 0.3) is 0 Å². The summed E-state index contributed by atoms with van der Waals surface area (Å²) in [6.45, 7) is 2.03. The molecule has 0 aliphatic rings. The zero-order valence-electron chi connectivity index (χ0n) is 12.0. The van der Waals surface area contributed by atoms with Crippen molar-refractivity contribution in [1.82, 2.24) is 0 Å². The van der Waals surface area contributed by atoms with E-state index < -0.39 is 9.84 Å². The average molecular weight is 327 g/mol. The summed E-state index contributed by atoms with van der Waals surface area (Å²) >= 11 is 6.04. The fraction of sp³-hybridized carbons (Fsp3) is 0.375. The molecule has 5 heteroatoms. The summed E-state index contributed by atoms with van der Waals surface area (Å²) in [5.41, 5.74) is 0.952. The van der Waals surface area contributed by atoms with Crippen LogP contribution in [0.4, 0.5) is 0 Å². The normalized spacial score (nSPS) is 11.7. The van der Waals surface area contributed by atoms with E-state index in [9.17, 15) is 8.42 Å². The average Bonchev–Trinajstić information content (AvgIpc) is 2.51. The van der Waals surface area contributed by atoms with Gasteiger partial charge in [-0.3, -0.25) is 0 Å². The van der Waals surface area contributed by atoms with Gasteiger partial charge in [-0.1, -0.05) is 37.3 Å². The van der Waals surface area contributed by atoms with Crippen LogP contribution in [0, 0.1) is 0 Å². The van der Waals surface area contributed by atoms with Gasteiger partial charge in [-0.05, 0) is 23.3 Å². The number of halogens is 1. The van der Waals surface area contributed by atoms with Crippen molar-refractivity contribution in [3.63, 3.8) is 0 Å². The third-order valence-electron chi connectivity index (χ3n) is 3.43. The molecule has 0 unspecified atom stereocenters. The topological polar surface area (TPSA) is 43.4 Å². The Morgan fingerprint density at radius 3 is 2.62 bits per heavy atom. The second-order valence-electron chi connectivity index (χ2n) is 4.84. The summed E-state index contributed by atoms with van der Waals surface area (Å²) in [4.78, 5) is 0. The minimum absolute atomic E-state index is 0.160. The molecular weight excluding hydrogens is 308 g/mol. The number of hydrogen-bond donors (Lipinski definition) is 0. The van der Waals surface area contributed by atoms with Crippen LogP contribution in [-0.4, -0.2) is 26.5 Å². The molecular formula is C16H19ClO3S. The van der Waals surface area contributed by atoms with Crippen LogP contribution in [0.5, 0.6) is 5.75 Å². The Balaban J connectivity index is 2.08. The molecule has 2 aromatic rings. The molecule has 0 saturated heterocycles. The van der Waals surface area contributed by atoms with Gasteiger partial charge in [0.2, 0.25) is 0 Å². The van der Waals surface area contributed by atoms with E-state index in [1.165, 1.54) is 0 Å². The molecule has 0 atom stereocenters. The second kappa shape index (κ2) is 7.14. The van der Waals surface area contributed by atoms with Crippen molar-refractivity contribution >= 4 is 32.2 Å². The van der Waals surface area contributed by atoms with Gasteiger partial charge in [-0.2, -0.15) is 0 Å². The molecule has 2 rings (SSSR count). The van der Waals surface area contributed by atoms with Crippen molar-refractivity contribution in [2.75, 3.05) is 18.1 Å². The molecule has 0 N–H and O–H groups in total. The number of hydrogen-bond acceptors (Lipinski definition) is 3. The van der Waals surface area contributed by atoms with Gasteiger partial charge in [0, 0.05) is 11.3 Å². The highest BCUT2D eigenvalue weighted by molar-refractivity contribution is 7.91. The van der Waals surface area contributed by atoms with Crippen LogP contribution < -0.4 is 4.74 Å². The first-order chi connectivity index (χ1) is 10.1. The quantitative estimate of drug-likeness (QED) is 0.574. The third kappa shape index (κ3) is 4.11. The highest BCUT2D eigenvalue weighted by Gasteiger charge is 2.10. The lowest BCUT2D eigenvalue weighted by Gasteiger charge is -2.12. The molecule has 0 radical (unpaired) electrons. The zero-order valence-corrected chi connectivity index (χ0v) is 13.6. The fourth-order valence-corrected chi connectivity index (χ4v) is 3.32. The Kier molecular flexibility index (Phi) is 5.48. The molecule has 0 saturated carbocycles. The van der Waals surface area contributed by atoms with Gasteiger partial charge >= 0.3 is 0 Å². The number of benzene rings is 2. The van der Waals surface area contributed by atoms with Crippen LogP contribution in [0.2, 0.25) is 0 Å². The van der Waals surface area contributed by atoms with Gasteiger partial charge in [0.15, 0.2) is 0 Å². The largest absolute Gasteiger partial charge is 0.493 e. The molecule has 3 nitrogen and oxygen atoms in total. The Morgan fingerprint density at radius 2 is 1.90 bits per heavy atom. The molecule has 2 aromatic carbocycles. The lowest BCUT2D eigenvalue weighted by Crippen LogP contribution is -2.12. The van der Waals surface area contributed by atoms with Crippen molar-refractivity contribution in [3.8, 4) is 5.75 Å². The molecule has 0 aromatic heterocycles. The van der Waals surface area contributed by atoms with E-state index in [0.717, 1.165) is 22.1 Å². The van der Waals surface area contributed by atoms with E-state index in [-0.39, 0.29) is 11.5 Å². The van der Waals surface area contributed by atoms with Crippen LogP contribution in [0.15, 0.2) is 36.4 Å². The van der Waals surface area contributed by atoms with Crippen LogP contribution in [0.3, 0.4) is 0 Å². The number of ether oxygens (including phenoxy) is 1. The third-order valence-corrected chi connectivity index (χ3v) is 5.49. The maximum absolute atomic E-state index is 11.4. The highest BCUT2D eigenvalue weighted by Crippen LogP contribution is 2.29. The maximum Gasteiger partial charge on any atom is 0.150 e. The first kappa shape index (κ1) is 16.1. The highest BCUT2D eigenvalue weighted by atomic mass is 35.5. The van der Waals surface area contributed by atoms with E-state index in [4.69, 9.17) is 16.3 Å². The number of rotatable bonds is 7. The van der Waals surface area contributed by atoms with E-state index >= 15 is 0 Å². The van der Waals surface area contributed by atoms with Gasteiger partial charge in [-0.25, -0.2) is 8.42 Å². The SMILES string of the molecule is CCS(=O)(=O)CCCOc1ccc2ccccc2c1CCl. The van der Waals surface area contributed by atoms with Crippen LogP contribution >= 0.6 is 11.6 Å². The maximum atomic E-state index is 11.4. The van der Waals surface area contributed by atoms with Crippen molar-refractivity contribution in [1.29, 1.82) is 0 Å². The Bertz CT molecular complexity index is 711. The van der Waals surface area contributed by atoms with Gasteiger partial charge in [-0.15, -0.1) is 11.6 Å². The van der Waals surface area contributed by atoms with Gasteiger partial charge < -0.3 is 4.74 Å². The van der Waals surface area contributed by atoms with Crippen molar-refractivity contribution in [2.45, 2.75) is 19.2 Å². The van der Waals surface area contributed by atoms with Gasteiger partial charge in [0.05, 0.1) is 18.2 Å². The van der Waals surface area contributed by atoms with E-state index in [1.54, 1.807) is 6.92 Å². The molecule has 0 aliphatic heterocycles. The molecule has 0 heterocycles. The Labute approximate surface area is 130 Å². The molecule has 21 heavy (non-hydrogen) atoms. The molecule has 0 bridgehead atoms. The monoisotopic (exact) mass is 326 g/mol. The summed E-state index contributed by atoms with van der Waals surface area (Å²) in [7, 11) is -2.93. The second-order valence-corrected chi connectivity index (χ2v) is 7.58. The van der Waals surface area contributed by atoms with Crippen molar-refractivity contribution in [3.05, 3.63) is 42.0 Å². The molecule has 0 fully saturated rings. The predicted molar refractivity (Wildman–Crippen MR) is 87.9 cm³/mol. The van der Waals surface area contributed by atoms with E-state index in [1.807, 2.05) is 36.4 Å². The van der Waals surface area contributed by atoms with Crippen LogP contribution in [0.1, 0.15) is 18.9 Å². The fourth-order valence-electron chi connectivity index (χ4n) is 2.19. The molecule has 0 spiro atoms. The van der Waals surface area contributed by atoms with E-state index in [2.05, 4.69) is 0 Å². The summed E-state index contributed by atoms with van der Waals surface area (Å²) in [6, 6.07) is 11.9. The smallest absolute Gasteiger partial charge is 0.150 e. The minimum atomic E-state index is -2.93. The number of alkyl halides is 1. The zero-order chi connectivity index (χ0) is 15.3. The van der Waals surface area contributed by atoms with Gasteiger partial charge in [0.1, 0.15) is 15.6 Å². The van der Waals surface area contributed by atoms with Crippen molar-refractivity contribution in [2.24, 2.45) is 0 Å². The summed E-state index contributed by atoms with van der Waals surface area (Å²) < 4.78 is 28.6. The first-order valence-electron chi connectivity index (χ1n) is 6.97. The molecule has 114 valence electrons. The molecule has 0 amide bonds. The standard InChI is InChI=1S/C16H19ClO3S/c1-2-21(18,19)11-5-10-20-16-9-8-13-6-3-4-7-14(13)15(16)12-17/h3-4,6-9H,2,5,10-12H2,1H3. The Morgan fingerprint density at radius 1 is 1.14 bits per heavy atom. The lowest BCUT2D eigenvalue weighted by molar-refractivity contribution is 0.316. The summed E-state index contributed by atoms with van der Waals surface area (Å²) in [5, 5.41) is 2.19. The van der Waals surface area contributed by atoms with E-state index in [0.29, 0.717) is 18.9 Å². The first-order valence-corrected chi connectivity index (χ1v) is 9.33.